The lowest BCUT2D eigenvalue weighted by molar-refractivity contribution is 0.182. The predicted molar refractivity (Wildman–Crippen MR) is 24.2 cm³/mol. The molecule has 0 fully saturated rings. The van der Waals surface area contributed by atoms with E-state index in [1.807, 2.05) is 0 Å². The predicted octanol–water partition coefficient (Wildman–Crippen LogP) is 0.985. The van der Waals surface area contributed by atoms with E-state index in [0.717, 1.165) is 0 Å². The van der Waals surface area contributed by atoms with Crippen molar-refractivity contribution in [1.82, 2.24) is 5.32 Å². The van der Waals surface area contributed by atoms with Crippen molar-refractivity contribution in [3.63, 3.8) is 0 Å². The van der Waals surface area contributed by atoms with Crippen LogP contribution in [0.25, 0.3) is 0 Å². The molecule has 0 aliphatic rings. The van der Waals surface area contributed by atoms with Gasteiger partial charge in [-0.25, -0.2) is 8.78 Å². The molecular formula is C4H7F2N. The van der Waals surface area contributed by atoms with E-state index in [-0.39, 0.29) is 5.70 Å². The average molecular weight is 107 g/mol. The molecule has 1 N–H and O–H groups in total. The summed E-state index contributed by atoms with van der Waals surface area (Å²) in [6, 6.07) is 0. The van der Waals surface area contributed by atoms with E-state index in [1.165, 1.54) is 7.05 Å². The SMILES string of the molecule is C=C(NC)C(F)F. The van der Waals surface area contributed by atoms with Crippen LogP contribution >= 0.6 is 0 Å². The van der Waals surface area contributed by atoms with Crippen molar-refractivity contribution in [3.05, 3.63) is 12.3 Å². The Morgan fingerprint density at radius 2 is 2.14 bits per heavy atom. The highest BCUT2D eigenvalue weighted by atomic mass is 19.3. The van der Waals surface area contributed by atoms with Gasteiger partial charge in [0.15, 0.2) is 0 Å². The molecule has 42 valence electrons. The van der Waals surface area contributed by atoms with Gasteiger partial charge in [0, 0.05) is 7.05 Å². The van der Waals surface area contributed by atoms with E-state index in [9.17, 15) is 8.78 Å². The summed E-state index contributed by atoms with van der Waals surface area (Å²) >= 11 is 0. The van der Waals surface area contributed by atoms with Crippen molar-refractivity contribution in [2.45, 2.75) is 6.43 Å². The lowest BCUT2D eigenvalue weighted by atomic mass is 10.5. The highest BCUT2D eigenvalue weighted by Crippen LogP contribution is 1.98. The van der Waals surface area contributed by atoms with Gasteiger partial charge in [0.1, 0.15) is 0 Å². The van der Waals surface area contributed by atoms with Gasteiger partial charge in [-0.3, -0.25) is 0 Å². The number of nitrogens with one attached hydrogen (secondary N) is 1. The molecule has 0 aromatic heterocycles. The number of hydrogen-bond acceptors (Lipinski definition) is 1. The molecule has 0 aromatic rings. The highest BCUT2D eigenvalue weighted by molar-refractivity contribution is 4.92. The van der Waals surface area contributed by atoms with Gasteiger partial charge in [-0.05, 0) is 0 Å². The molecule has 0 aliphatic heterocycles. The third-order valence-corrected chi connectivity index (χ3v) is 0.585. The molecule has 0 unspecified atom stereocenters. The first-order chi connectivity index (χ1) is 3.18. The maximum atomic E-state index is 11.3. The Morgan fingerprint density at radius 1 is 1.71 bits per heavy atom. The zero-order valence-corrected chi connectivity index (χ0v) is 4.04. The number of rotatable bonds is 2. The lowest BCUT2D eigenvalue weighted by Gasteiger charge is -1.98. The van der Waals surface area contributed by atoms with Crippen LogP contribution in [0, 0.1) is 0 Å². The van der Waals surface area contributed by atoms with Crippen LogP contribution in [0.4, 0.5) is 8.78 Å². The molecule has 0 radical (unpaired) electrons. The first-order valence-corrected chi connectivity index (χ1v) is 1.83. The summed E-state index contributed by atoms with van der Waals surface area (Å²) < 4.78 is 22.5. The van der Waals surface area contributed by atoms with Crippen LogP contribution in [0.1, 0.15) is 0 Å². The topological polar surface area (TPSA) is 12.0 Å². The Morgan fingerprint density at radius 3 is 2.14 bits per heavy atom. The fraction of sp³-hybridized carbons (Fsp3) is 0.500. The maximum absolute atomic E-state index is 11.3. The second kappa shape index (κ2) is 2.55. The second-order valence-electron chi connectivity index (χ2n) is 1.08. The van der Waals surface area contributed by atoms with Crippen molar-refractivity contribution in [3.8, 4) is 0 Å². The summed E-state index contributed by atoms with van der Waals surface area (Å²) in [5.74, 6) is 0. The molecule has 0 amide bonds. The average Bonchev–Trinajstić information content (AvgIpc) is 1.65. The second-order valence-corrected chi connectivity index (χ2v) is 1.08. The van der Waals surface area contributed by atoms with Crippen LogP contribution < -0.4 is 5.32 Å². The quantitative estimate of drug-likeness (QED) is 0.554. The number of hydrogen-bond donors (Lipinski definition) is 1. The van der Waals surface area contributed by atoms with Crippen molar-refractivity contribution in [2.75, 3.05) is 7.05 Å². The molecule has 3 heteroatoms. The van der Waals surface area contributed by atoms with Crippen LogP contribution in [0.5, 0.6) is 0 Å². The van der Waals surface area contributed by atoms with Gasteiger partial charge < -0.3 is 5.32 Å². The Balaban J connectivity index is 3.35. The fourth-order valence-electron chi connectivity index (χ4n) is 0.109. The van der Waals surface area contributed by atoms with Crippen LogP contribution in [0.3, 0.4) is 0 Å². The zero-order chi connectivity index (χ0) is 5.86. The van der Waals surface area contributed by atoms with Crippen LogP contribution in [-0.4, -0.2) is 13.5 Å². The smallest absolute Gasteiger partial charge is 0.277 e. The van der Waals surface area contributed by atoms with E-state index >= 15 is 0 Å². The van der Waals surface area contributed by atoms with Crippen molar-refractivity contribution >= 4 is 0 Å². The van der Waals surface area contributed by atoms with Gasteiger partial charge >= 0.3 is 0 Å². The summed E-state index contributed by atoms with van der Waals surface area (Å²) in [6.45, 7) is 3.01. The van der Waals surface area contributed by atoms with Crippen molar-refractivity contribution < 1.29 is 8.78 Å². The molecule has 0 spiro atoms. The minimum Gasteiger partial charge on any atom is -0.387 e. The van der Waals surface area contributed by atoms with Crippen LogP contribution in [0.15, 0.2) is 12.3 Å². The molecule has 0 atom stereocenters. The van der Waals surface area contributed by atoms with Crippen molar-refractivity contribution in [1.29, 1.82) is 0 Å². The molecule has 7 heavy (non-hydrogen) atoms. The van der Waals surface area contributed by atoms with Crippen LogP contribution in [-0.2, 0) is 0 Å². The highest BCUT2D eigenvalue weighted by Gasteiger charge is 2.02. The minimum absolute atomic E-state index is 0.236. The Hall–Kier alpha value is -0.600. The van der Waals surface area contributed by atoms with Gasteiger partial charge in [0.05, 0.1) is 5.70 Å². The summed E-state index contributed by atoms with van der Waals surface area (Å²) in [4.78, 5) is 0. The molecule has 0 rings (SSSR count). The molecule has 0 saturated heterocycles. The molecular weight excluding hydrogens is 100 g/mol. The first-order valence-electron chi connectivity index (χ1n) is 1.83. The monoisotopic (exact) mass is 107 g/mol. The van der Waals surface area contributed by atoms with Crippen LogP contribution in [0.2, 0.25) is 0 Å². The molecule has 0 aliphatic carbocycles. The van der Waals surface area contributed by atoms with Gasteiger partial charge in [0.25, 0.3) is 6.43 Å². The van der Waals surface area contributed by atoms with Crippen molar-refractivity contribution in [2.24, 2.45) is 0 Å². The molecule has 1 nitrogen and oxygen atoms in total. The molecule has 0 aromatic carbocycles. The van der Waals surface area contributed by atoms with E-state index in [1.54, 1.807) is 0 Å². The zero-order valence-electron chi connectivity index (χ0n) is 4.04. The van der Waals surface area contributed by atoms with E-state index in [0.29, 0.717) is 0 Å². The Labute approximate surface area is 41.0 Å². The van der Waals surface area contributed by atoms with E-state index < -0.39 is 6.43 Å². The van der Waals surface area contributed by atoms with Gasteiger partial charge in [-0.15, -0.1) is 0 Å². The van der Waals surface area contributed by atoms with Gasteiger partial charge in [-0.1, -0.05) is 6.58 Å². The first kappa shape index (κ1) is 6.40. The molecule has 0 heterocycles. The van der Waals surface area contributed by atoms with E-state index in [4.69, 9.17) is 0 Å². The summed E-state index contributed by atoms with van der Waals surface area (Å²) in [5, 5.41) is 2.22. The number of halogens is 2. The molecule has 0 bridgehead atoms. The Kier molecular flexibility index (Phi) is 2.33. The number of allylic oxidation sites excluding steroid dienone is 1. The molecule has 0 saturated carbocycles. The van der Waals surface area contributed by atoms with Gasteiger partial charge in [0.2, 0.25) is 0 Å². The fourth-order valence-corrected chi connectivity index (χ4v) is 0.109. The minimum atomic E-state index is -2.44. The van der Waals surface area contributed by atoms with Gasteiger partial charge in [-0.2, -0.15) is 0 Å². The summed E-state index contributed by atoms with van der Waals surface area (Å²) in [6.07, 6.45) is -2.44. The largest absolute Gasteiger partial charge is 0.387 e. The number of alkyl halides is 2. The third kappa shape index (κ3) is 2.14. The van der Waals surface area contributed by atoms with E-state index in [2.05, 4.69) is 11.9 Å². The third-order valence-electron chi connectivity index (χ3n) is 0.585. The summed E-state index contributed by atoms with van der Waals surface area (Å²) in [5.41, 5.74) is -0.236. The Bertz CT molecular complexity index is 70.1. The normalized spacial score (nSPS) is 9.14. The standard InChI is InChI=1S/C4H7F2N/c1-3(7-2)4(5)6/h4,7H,1H2,2H3. The summed E-state index contributed by atoms with van der Waals surface area (Å²) in [7, 11) is 1.41. The maximum Gasteiger partial charge on any atom is 0.277 e. The lowest BCUT2D eigenvalue weighted by Crippen LogP contribution is -2.11.